The summed E-state index contributed by atoms with van der Waals surface area (Å²) in [6.45, 7) is 3.47. The van der Waals surface area contributed by atoms with Crippen molar-refractivity contribution >= 4 is 0 Å². The van der Waals surface area contributed by atoms with Crippen molar-refractivity contribution in [1.82, 2.24) is 0 Å². The first-order chi connectivity index (χ1) is 8.49. The van der Waals surface area contributed by atoms with Gasteiger partial charge >= 0.3 is 0 Å². The Hall–Kier alpha value is -1.74. The predicted octanol–water partition coefficient (Wildman–Crippen LogP) is 3.66. The van der Waals surface area contributed by atoms with E-state index in [1.165, 1.54) is 24.3 Å². The van der Waals surface area contributed by atoms with Gasteiger partial charge in [0.2, 0.25) is 0 Å². The van der Waals surface area contributed by atoms with Gasteiger partial charge in [-0.25, -0.2) is 8.78 Å². The molecule has 3 heteroatoms. The molecule has 0 aliphatic carbocycles. The first-order valence-corrected chi connectivity index (χ1v) is 5.69. The summed E-state index contributed by atoms with van der Waals surface area (Å²) >= 11 is 0. The molecule has 1 N–H and O–H groups in total. The van der Waals surface area contributed by atoms with Gasteiger partial charge < -0.3 is 5.11 Å². The average molecular weight is 248 g/mol. The third-order valence-electron chi connectivity index (χ3n) is 3.05. The van der Waals surface area contributed by atoms with Crippen molar-refractivity contribution in [3.05, 3.63) is 70.3 Å². The van der Waals surface area contributed by atoms with Crippen molar-refractivity contribution in [2.45, 2.75) is 20.0 Å². The van der Waals surface area contributed by atoms with Gasteiger partial charge in [-0.1, -0.05) is 12.1 Å². The van der Waals surface area contributed by atoms with Gasteiger partial charge in [-0.15, -0.1) is 0 Å². The molecule has 0 aliphatic heterocycles. The second-order valence-electron chi connectivity index (χ2n) is 4.40. The number of aliphatic hydroxyl groups is 1. The molecule has 0 saturated heterocycles. The van der Waals surface area contributed by atoms with Crippen LogP contribution in [0.25, 0.3) is 0 Å². The Balaban J connectivity index is 2.44. The largest absolute Gasteiger partial charge is 0.384 e. The number of aryl methyl sites for hydroxylation is 2. The van der Waals surface area contributed by atoms with Crippen molar-refractivity contribution in [3.63, 3.8) is 0 Å². The van der Waals surface area contributed by atoms with E-state index in [0.717, 1.165) is 0 Å². The van der Waals surface area contributed by atoms with Gasteiger partial charge in [0, 0.05) is 0 Å². The lowest BCUT2D eigenvalue weighted by Crippen LogP contribution is -2.04. The van der Waals surface area contributed by atoms with E-state index in [4.69, 9.17) is 0 Å². The first-order valence-electron chi connectivity index (χ1n) is 5.69. The number of rotatable bonds is 2. The summed E-state index contributed by atoms with van der Waals surface area (Å²) in [5, 5.41) is 10.3. The zero-order chi connectivity index (χ0) is 13.3. The summed E-state index contributed by atoms with van der Waals surface area (Å²) in [6.07, 6.45) is -0.869. The Kier molecular flexibility index (Phi) is 3.43. The van der Waals surface area contributed by atoms with E-state index in [9.17, 15) is 13.9 Å². The number of hydrogen-bond acceptors (Lipinski definition) is 1. The van der Waals surface area contributed by atoms with Crippen LogP contribution >= 0.6 is 0 Å². The number of benzene rings is 2. The van der Waals surface area contributed by atoms with E-state index in [1.54, 1.807) is 26.0 Å². The molecule has 0 bridgehead atoms. The molecule has 0 saturated carbocycles. The van der Waals surface area contributed by atoms with Crippen LogP contribution in [0.1, 0.15) is 28.4 Å². The third kappa shape index (κ3) is 2.41. The fraction of sp³-hybridized carbons (Fsp3) is 0.200. The highest BCUT2D eigenvalue weighted by molar-refractivity contribution is 5.39. The van der Waals surface area contributed by atoms with Gasteiger partial charge in [0.1, 0.15) is 17.7 Å². The van der Waals surface area contributed by atoms with E-state index in [2.05, 4.69) is 0 Å². The molecule has 1 nitrogen and oxygen atoms in total. The maximum Gasteiger partial charge on any atom is 0.123 e. The minimum Gasteiger partial charge on any atom is -0.384 e. The molecule has 2 rings (SSSR count). The summed E-state index contributed by atoms with van der Waals surface area (Å²) in [4.78, 5) is 0. The minimum absolute atomic E-state index is 0.334. The van der Waals surface area contributed by atoms with Crippen molar-refractivity contribution in [1.29, 1.82) is 0 Å². The number of halogens is 2. The monoisotopic (exact) mass is 248 g/mol. The molecule has 0 amide bonds. The fourth-order valence-corrected chi connectivity index (χ4v) is 2.06. The lowest BCUT2D eigenvalue weighted by Gasteiger charge is -2.16. The van der Waals surface area contributed by atoms with Crippen LogP contribution in [0.4, 0.5) is 8.78 Å². The van der Waals surface area contributed by atoms with Crippen LogP contribution < -0.4 is 0 Å². The van der Waals surface area contributed by atoms with Gasteiger partial charge in [0.25, 0.3) is 0 Å². The molecule has 0 radical (unpaired) electrons. The van der Waals surface area contributed by atoms with Crippen molar-refractivity contribution in [2.75, 3.05) is 0 Å². The lowest BCUT2D eigenvalue weighted by molar-refractivity contribution is 0.218. The summed E-state index contributed by atoms with van der Waals surface area (Å²) < 4.78 is 26.0. The summed E-state index contributed by atoms with van der Waals surface area (Å²) in [6, 6.07) is 8.47. The SMILES string of the molecule is Cc1cc(F)ccc1C(O)c1ccc(F)cc1C. The zero-order valence-electron chi connectivity index (χ0n) is 10.2. The molecule has 0 spiro atoms. The summed E-state index contributed by atoms with van der Waals surface area (Å²) in [5.41, 5.74) is 2.61. The molecular formula is C15H14F2O. The van der Waals surface area contributed by atoms with Gasteiger partial charge in [0.15, 0.2) is 0 Å². The number of hydrogen-bond donors (Lipinski definition) is 1. The van der Waals surface area contributed by atoms with E-state index in [0.29, 0.717) is 22.3 Å². The van der Waals surface area contributed by atoms with Crippen LogP contribution in [0.15, 0.2) is 36.4 Å². The highest BCUT2D eigenvalue weighted by atomic mass is 19.1. The Labute approximate surface area is 105 Å². The van der Waals surface area contributed by atoms with Crippen molar-refractivity contribution in [2.24, 2.45) is 0 Å². The molecule has 0 fully saturated rings. The van der Waals surface area contributed by atoms with Crippen LogP contribution in [0.2, 0.25) is 0 Å². The minimum atomic E-state index is -0.869. The van der Waals surface area contributed by atoms with Crippen LogP contribution in [-0.2, 0) is 0 Å². The van der Waals surface area contributed by atoms with Crippen LogP contribution in [0, 0.1) is 25.5 Å². The highest BCUT2D eigenvalue weighted by Crippen LogP contribution is 2.27. The highest BCUT2D eigenvalue weighted by Gasteiger charge is 2.15. The second kappa shape index (κ2) is 4.86. The Morgan fingerprint density at radius 3 is 1.56 bits per heavy atom. The normalized spacial score (nSPS) is 11.0. The Bertz CT molecular complexity index is 527. The average Bonchev–Trinajstić information content (AvgIpc) is 2.28. The fourth-order valence-electron chi connectivity index (χ4n) is 2.06. The van der Waals surface area contributed by atoms with Gasteiger partial charge in [-0.3, -0.25) is 0 Å². The topological polar surface area (TPSA) is 20.2 Å². The molecule has 2 aromatic rings. The smallest absolute Gasteiger partial charge is 0.123 e. The van der Waals surface area contributed by atoms with Crippen molar-refractivity contribution in [3.8, 4) is 0 Å². The van der Waals surface area contributed by atoms with Gasteiger partial charge in [-0.05, 0) is 60.4 Å². The van der Waals surface area contributed by atoms with Crippen molar-refractivity contribution < 1.29 is 13.9 Å². The van der Waals surface area contributed by atoms with Crippen LogP contribution in [-0.4, -0.2) is 5.11 Å². The van der Waals surface area contributed by atoms with E-state index in [1.807, 2.05) is 0 Å². The zero-order valence-corrected chi connectivity index (χ0v) is 10.2. The van der Waals surface area contributed by atoms with Crippen LogP contribution in [0.3, 0.4) is 0 Å². The quantitative estimate of drug-likeness (QED) is 0.859. The number of aliphatic hydroxyl groups excluding tert-OH is 1. The summed E-state index contributed by atoms with van der Waals surface area (Å²) in [7, 11) is 0. The Morgan fingerprint density at radius 2 is 1.22 bits per heavy atom. The molecular weight excluding hydrogens is 234 g/mol. The van der Waals surface area contributed by atoms with E-state index < -0.39 is 6.10 Å². The molecule has 18 heavy (non-hydrogen) atoms. The second-order valence-corrected chi connectivity index (χ2v) is 4.40. The third-order valence-corrected chi connectivity index (χ3v) is 3.05. The molecule has 0 aromatic heterocycles. The summed E-state index contributed by atoms with van der Waals surface area (Å²) in [5.74, 6) is -0.668. The van der Waals surface area contributed by atoms with E-state index in [-0.39, 0.29) is 11.6 Å². The predicted molar refractivity (Wildman–Crippen MR) is 66.3 cm³/mol. The molecule has 0 unspecified atom stereocenters. The molecule has 0 heterocycles. The molecule has 0 aliphatic rings. The van der Waals surface area contributed by atoms with Crippen LogP contribution in [0.5, 0.6) is 0 Å². The van der Waals surface area contributed by atoms with Gasteiger partial charge in [0.05, 0.1) is 0 Å². The first kappa shape index (κ1) is 12.7. The molecule has 2 aromatic carbocycles. The van der Waals surface area contributed by atoms with Gasteiger partial charge in [-0.2, -0.15) is 0 Å². The molecule has 94 valence electrons. The lowest BCUT2D eigenvalue weighted by atomic mass is 9.94. The Morgan fingerprint density at radius 1 is 0.833 bits per heavy atom. The van der Waals surface area contributed by atoms with E-state index >= 15 is 0 Å². The maximum absolute atomic E-state index is 13.0. The molecule has 0 atom stereocenters. The maximum atomic E-state index is 13.0. The standard InChI is InChI=1S/C15H14F2O/c1-9-7-11(16)3-5-13(9)15(18)14-6-4-12(17)8-10(14)2/h3-8,15,18H,1-2H3.